The van der Waals surface area contributed by atoms with Gasteiger partial charge in [-0.3, -0.25) is 0 Å². The maximum absolute atomic E-state index is 5.36. The Bertz CT molecular complexity index is 748. The average Bonchev–Trinajstić information content (AvgIpc) is 2.53. The highest BCUT2D eigenvalue weighted by molar-refractivity contribution is 5.86. The van der Waals surface area contributed by atoms with Gasteiger partial charge in [0.05, 0.1) is 12.8 Å². The van der Waals surface area contributed by atoms with Gasteiger partial charge in [-0.2, -0.15) is 0 Å². The number of fused-ring (bicyclic) bond motifs is 1. The van der Waals surface area contributed by atoms with Crippen molar-refractivity contribution in [2.75, 3.05) is 7.11 Å². The van der Waals surface area contributed by atoms with Gasteiger partial charge in [0.25, 0.3) is 0 Å². The topological polar surface area (TPSA) is 22.1 Å². The van der Waals surface area contributed by atoms with E-state index in [1.807, 2.05) is 48.5 Å². The van der Waals surface area contributed by atoms with E-state index in [2.05, 4.69) is 29.3 Å². The summed E-state index contributed by atoms with van der Waals surface area (Å²) in [6.45, 7) is 0. The van der Waals surface area contributed by atoms with E-state index in [1.165, 1.54) is 0 Å². The summed E-state index contributed by atoms with van der Waals surface area (Å²) in [5.74, 6) is 0.803. The van der Waals surface area contributed by atoms with Crippen LogP contribution >= 0.6 is 0 Å². The first-order chi connectivity index (χ1) is 9.86. The van der Waals surface area contributed by atoms with Crippen LogP contribution in [0.15, 0.2) is 60.7 Å². The molecule has 2 nitrogen and oxygen atoms in total. The molecule has 20 heavy (non-hydrogen) atoms. The molecule has 3 aromatic rings. The predicted octanol–water partition coefficient (Wildman–Crippen LogP) is 4.41. The number of hydrogen-bond donors (Lipinski definition) is 0. The summed E-state index contributed by atoms with van der Waals surface area (Å²) >= 11 is 0. The number of para-hydroxylation sites is 1. The molecule has 2 heteroatoms. The molecule has 1 aromatic heterocycles. The van der Waals surface area contributed by atoms with E-state index in [1.54, 1.807) is 7.11 Å². The van der Waals surface area contributed by atoms with E-state index in [-0.39, 0.29) is 0 Å². The van der Waals surface area contributed by atoms with Gasteiger partial charge in [-0.05, 0) is 23.8 Å². The number of hydrogen-bond acceptors (Lipinski definition) is 2. The maximum atomic E-state index is 5.36. The molecule has 0 spiro atoms. The van der Waals surface area contributed by atoms with Crippen LogP contribution in [-0.4, -0.2) is 12.1 Å². The zero-order chi connectivity index (χ0) is 13.8. The summed E-state index contributed by atoms with van der Waals surface area (Å²) in [6, 6.07) is 20.2. The van der Waals surface area contributed by atoms with Crippen molar-refractivity contribution >= 4 is 23.1 Å². The van der Waals surface area contributed by atoms with Gasteiger partial charge in [0.1, 0.15) is 11.3 Å². The quantitative estimate of drug-likeness (QED) is 0.696. The summed E-state index contributed by atoms with van der Waals surface area (Å²) in [7, 11) is 1.67. The number of nitrogens with zero attached hydrogens (tertiary/aromatic N) is 1. The Morgan fingerprint density at radius 1 is 0.850 bits per heavy atom. The fraction of sp³-hybridized carbons (Fsp3) is 0.0556. The third kappa shape index (κ3) is 2.54. The van der Waals surface area contributed by atoms with Gasteiger partial charge in [-0.15, -0.1) is 0 Å². The first-order valence-electron chi connectivity index (χ1n) is 6.54. The van der Waals surface area contributed by atoms with Gasteiger partial charge >= 0.3 is 0 Å². The van der Waals surface area contributed by atoms with Gasteiger partial charge in [-0.25, -0.2) is 4.98 Å². The van der Waals surface area contributed by atoms with Crippen LogP contribution in [0.5, 0.6) is 5.75 Å². The second-order valence-corrected chi connectivity index (χ2v) is 4.51. The molecule has 0 aliphatic rings. The largest absolute Gasteiger partial charge is 0.494 e. The lowest BCUT2D eigenvalue weighted by molar-refractivity contribution is 0.419. The van der Waals surface area contributed by atoms with Gasteiger partial charge in [-0.1, -0.05) is 54.6 Å². The van der Waals surface area contributed by atoms with E-state index in [0.29, 0.717) is 0 Å². The summed E-state index contributed by atoms with van der Waals surface area (Å²) < 4.78 is 5.36. The molecule has 3 rings (SSSR count). The third-order valence-corrected chi connectivity index (χ3v) is 3.17. The average molecular weight is 261 g/mol. The molecule has 2 aromatic carbocycles. The monoisotopic (exact) mass is 261 g/mol. The van der Waals surface area contributed by atoms with Crippen molar-refractivity contribution in [3.63, 3.8) is 0 Å². The van der Waals surface area contributed by atoms with Gasteiger partial charge in [0.15, 0.2) is 0 Å². The number of rotatable bonds is 3. The molecule has 0 atom stereocenters. The number of aromatic nitrogens is 1. The molecule has 0 radical (unpaired) electrons. The van der Waals surface area contributed by atoms with E-state index in [4.69, 9.17) is 4.74 Å². The van der Waals surface area contributed by atoms with Crippen molar-refractivity contribution in [1.82, 2.24) is 4.98 Å². The van der Waals surface area contributed by atoms with Crippen molar-refractivity contribution in [3.05, 3.63) is 71.9 Å². The fourth-order valence-corrected chi connectivity index (χ4v) is 2.14. The Hall–Kier alpha value is -2.61. The van der Waals surface area contributed by atoms with Gasteiger partial charge in [0, 0.05) is 5.39 Å². The molecule has 1 heterocycles. The minimum absolute atomic E-state index is 0.803. The summed E-state index contributed by atoms with van der Waals surface area (Å²) in [4.78, 5) is 4.65. The molecule has 0 aliphatic heterocycles. The lowest BCUT2D eigenvalue weighted by Gasteiger charge is -2.04. The summed E-state index contributed by atoms with van der Waals surface area (Å²) in [5.41, 5.74) is 2.98. The number of benzene rings is 2. The van der Waals surface area contributed by atoms with Crippen LogP contribution in [0.4, 0.5) is 0 Å². The zero-order valence-corrected chi connectivity index (χ0v) is 11.3. The van der Waals surface area contributed by atoms with E-state index in [9.17, 15) is 0 Å². The lowest BCUT2D eigenvalue weighted by Crippen LogP contribution is -1.89. The summed E-state index contributed by atoms with van der Waals surface area (Å²) in [5, 5.41) is 1.08. The van der Waals surface area contributed by atoms with Gasteiger partial charge < -0.3 is 4.74 Å². The maximum Gasteiger partial charge on any atom is 0.145 e. The smallest absolute Gasteiger partial charge is 0.145 e. The number of pyridine rings is 1. The van der Waals surface area contributed by atoms with Crippen molar-refractivity contribution in [2.45, 2.75) is 0 Å². The van der Waals surface area contributed by atoms with Crippen LogP contribution < -0.4 is 4.74 Å². The van der Waals surface area contributed by atoms with E-state index in [0.717, 1.165) is 27.9 Å². The molecule has 0 N–H and O–H groups in total. The fourth-order valence-electron chi connectivity index (χ4n) is 2.14. The first kappa shape index (κ1) is 12.4. The molecule has 0 unspecified atom stereocenters. The summed E-state index contributed by atoms with van der Waals surface area (Å²) in [6.07, 6.45) is 4.07. The Morgan fingerprint density at radius 2 is 1.70 bits per heavy atom. The molecular weight excluding hydrogens is 246 g/mol. The molecule has 0 bridgehead atoms. The Kier molecular flexibility index (Phi) is 3.46. The molecular formula is C18H15NO. The van der Waals surface area contributed by atoms with Crippen LogP contribution in [-0.2, 0) is 0 Å². The molecule has 0 saturated heterocycles. The second kappa shape index (κ2) is 5.57. The highest BCUT2D eigenvalue weighted by Crippen LogP contribution is 2.23. The zero-order valence-electron chi connectivity index (χ0n) is 11.3. The highest BCUT2D eigenvalue weighted by Gasteiger charge is 2.02. The minimum atomic E-state index is 0.803. The van der Waals surface area contributed by atoms with Crippen LogP contribution in [0.2, 0.25) is 0 Å². The van der Waals surface area contributed by atoms with E-state index >= 15 is 0 Å². The minimum Gasteiger partial charge on any atom is -0.494 e. The van der Waals surface area contributed by atoms with Gasteiger partial charge in [0.2, 0.25) is 0 Å². The van der Waals surface area contributed by atoms with Crippen molar-refractivity contribution in [2.24, 2.45) is 0 Å². The van der Waals surface area contributed by atoms with Crippen LogP contribution in [0.3, 0.4) is 0 Å². The van der Waals surface area contributed by atoms with Crippen molar-refractivity contribution in [1.29, 1.82) is 0 Å². The standard InChI is InChI=1S/C18H15NO/c1-20-17-9-5-8-15-11-13-16(19-18(15)17)12-10-14-6-3-2-4-7-14/h2-13H,1H3/b12-10+. The molecule has 98 valence electrons. The normalized spacial score (nSPS) is 11.1. The lowest BCUT2D eigenvalue weighted by atomic mass is 10.1. The Balaban J connectivity index is 1.99. The molecule has 0 amide bonds. The number of ether oxygens (including phenoxy) is 1. The van der Waals surface area contributed by atoms with Crippen LogP contribution in [0.25, 0.3) is 23.1 Å². The van der Waals surface area contributed by atoms with E-state index < -0.39 is 0 Å². The molecule has 0 fully saturated rings. The highest BCUT2D eigenvalue weighted by atomic mass is 16.5. The third-order valence-electron chi connectivity index (χ3n) is 3.17. The molecule has 0 aliphatic carbocycles. The molecule has 0 saturated carbocycles. The predicted molar refractivity (Wildman–Crippen MR) is 83.7 cm³/mol. The van der Waals surface area contributed by atoms with Crippen LogP contribution in [0.1, 0.15) is 11.3 Å². The second-order valence-electron chi connectivity index (χ2n) is 4.51. The number of methoxy groups -OCH3 is 1. The Morgan fingerprint density at radius 3 is 2.50 bits per heavy atom. The van der Waals surface area contributed by atoms with Crippen molar-refractivity contribution < 1.29 is 4.74 Å². The van der Waals surface area contributed by atoms with Crippen LogP contribution in [0, 0.1) is 0 Å². The first-order valence-corrected chi connectivity index (χ1v) is 6.54. The Labute approximate surface area is 118 Å². The SMILES string of the molecule is COc1cccc2ccc(/C=C/c3ccccc3)nc12. The van der Waals surface area contributed by atoms with Crippen molar-refractivity contribution in [3.8, 4) is 5.75 Å².